The van der Waals surface area contributed by atoms with Crippen LogP contribution in [0.3, 0.4) is 0 Å². The first kappa shape index (κ1) is 34.0. The van der Waals surface area contributed by atoms with E-state index in [1.54, 1.807) is 18.2 Å². The number of carbonyl (C=O) groups excluding carboxylic acids is 2. The Morgan fingerprint density at radius 3 is 1.98 bits per heavy atom. The molecule has 236 valence electrons. The molecule has 11 heteroatoms. The maximum absolute atomic E-state index is 14.4. The lowest BCUT2D eigenvalue weighted by molar-refractivity contribution is -0.140. The first-order valence-corrected chi connectivity index (χ1v) is 16.5. The molecule has 0 saturated heterocycles. The molecule has 1 atom stereocenters. The summed E-state index contributed by atoms with van der Waals surface area (Å²) in [5.41, 5.74) is 1.44. The molecule has 0 aliphatic heterocycles. The minimum absolute atomic E-state index is 0.0468. The first-order chi connectivity index (χ1) is 21.4. The number of halogens is 3. The highest BCUT2D eigenvalue weighted by Gasteiger charge is 2.35. The average molecular weight is 671 g/mol. The van der Waals surface area contributed by atoms with Crippen molar-refractivity contribution < 1.29 is 22.4 Å². The van der Waals surface area contributed by atoms with Crippen molar-refractivity contribution in [2.75, 3.05) is 17.4 Å². The Morgan fingerprint density at radius 1 is 0.822 bits per heavy atom. The fraction of sp³-hybridized carbons (Fsp3) is 0.235. The molecule has 4 rings (SSSR count). The smallest absolute Gasteiger partial charge is 0.264 e. The summed E-state index contributed by atoms with van der Waals surface area (Å²) in [5.74, 6) is -1.36. The molecule has 0 saturated carbocycles. The van der Waals surface area contributed by atoms with Crippen molar-refractivity contribution in [1.82, 2.24) is 10.2 Å². The van der Waals surface area contributed by atoms with Crippen LogP contribution in [-0.4, -0.2) is 44.3 Å². The third kappa shape index (κ3) is 9.29. The van der Waals surface area contributed by atoms with Gasteiger partial charge in [0, 0.05) is 29.6 Å². The van der Waals surface area contributed by atoms with Crippen LogP contribution < -0.4 is 9.62 Å². The van der Waals surface area contributed by atoms with Crippen molar-refractivity contribution in [3.63, 3.8) is 0 Å². The summed E-state index contributed by atoms with van der Waals surface area (Å²) >= 11 is 12.5. The second-order valence-corrected chi connectivity index (χ2v) is 13.7. The highest BCUT2D eigenvalue weighted by Crippen LogP contribution is 2.30. The van der Waals surface area contributed by atoms with Crippen molar-refractivity contribution in [2.24, 2.45) is 5.92 Å². The zero-order valence-electron chi connectivity index (χ0n) is 24.9. The summed E-state index contributed by atoms with van der Waals surface area (Å²) in [6, 6.07) is 25.7. The first-order valence-electron chi connectivity index (χ1n) is 14.3. The molecule has 0 aliphatic carbocycles. The van der Waals surface area contributed by atoms with Gasteiger partial charge in [-0.05, 0) is 59.5 Å². The van der Waals surface area contributed by atoms with Crippen molar-refractivity contribution in [1.29, 1.82) is 0 Å². The predicted molar refractivity (Wildman–Crippen MR) is 176 cm³/mol. The second-order valence-electron chi connectivity index (χ2n) is 10.9. The van der Waals surface area contributed by atoms with Gasteiger partial charge < -0.3 is 10.2 Å². The zero-order chi connectivity index (χ0) is 32.6. The van der Waals surface area contributed by atoms with Crippen molar-refractivity contribution in [2.45, 2.75) is 37.8 Å². The van der Waals surface area contributed by atoms with Gasteiger partial charge in [0.25, 0.3) is 10.0 Å². The van der Waals surface area contributed by atoms with Crippen LogP contribution >= 0.6 is 23.2 Å². The van der Waals surface area contributed by atoms with Crippen LogP contribution in [0.1, 0.15) is 25.0 Å². The molecule has 0 radical (unpaired) electrons. The molecule has 0 aromatic heterocycles. The largest absolute Gasteiger partial charge is 0.354 e. The molecule has 45 heavy (non-hydrogen) atoms. The van der Waals surface area contributed by atoms with Crippen LogP contribution in [0, 0.1) is 11.7 Å². The Bertz CT molecular complexity index is 1690. The van der Waals surface area contributed by atoms with Crippen LogP contribution in [0.4, 0.5) is 10.1 Å². The molecule has 7 nitrogen and oxygen atoms in total. The third-order valence-corrected chi connectivity index (χ3v) is 9.19. The molecule has 4 aromatic rings. The summed E-state index contributed by atoms with van der Waals surface area (Å²) in [5, 5.41) is 3.28. The van der Waals surface area contributed by atoms with Gasteiger partial charge in [-0.25, -0.2) is 12.8 Å². The van der Waals surface area contributed by atoms with Crippen LogP contribution in [0.15, 0.2) is 108 Å². The van der Waals surface area contributed by atoms with Gasteiger partial charge in [-0.3, -0.25) is 13.9 Å². The molecule has 0 fully saturated rings. The lowest BCUT2D eigenvalue weighted by Gasteiger charge is -2.34. The van der Waals surface area contributed by atoms with E-state index in [0.29, 0.717) is 12.1 Å². The Kier molecular flexibility index (Phi) is 11.6. The van der Waals surface area contributed by atoms with Crippen molar-refractivity contribution in [3.05, 3.63) is 130 Å². The van der Waals surface area contributed by atoms with E-state index in [4.69, 9.17) is 23.2 Å². The van der Waals surface area contributed by atoms with Crippen LogP contribution in [0.25, 0.3) is 0 Å². The standard InChI is InChI=1S/C34H34Cl2FN3O4S/c1-24(2)21-38-34(42)32(17-25-9-5-3-6-10-25)39(22-26-13-15-29(37)16-14-26)33(41)23-40(30-19-27(35)18-28(36)20-30)45(43,44)31-11-7-4-8-12-31/h3-16,18-20,24,32H,17,21-23H2,1-2H3,(H,38,42)/t32-/m1/s1. The summed E-state index contributed by atoms with van der Waals surface area (Å²) in [6.07, 6.45) is 0.159. The molecule has 1 N–H and O–H groups in total. The van der Waals surface area contributed by atoms with Crippen LogP contribution in [0.2, 0.25) is 10.0 Å². The van der Waals surface area contributed by atoms with Crippen LogP contribution in [-0.2, 0) is 32.6 Å². The van der Waals surface area contributed by atoms with E-state index in [2.05, 4.69) is 5.32 Å². The van der Waals surface area contributed by atoms with Crippen LogP contribution in [0.5, 0.6) is 0 Å². The normalized spacial score (nSPS) is 12.0. The predicted octanol–water partition coefficient (Wildman–Crippen LogP) is 6.74. The average Bonchev–Trinajstić information content (AvgIpc) is 3.01. The zero-order valence-corrected chi connectivity index (χ0v) is 27.2. The maximum atomic E-state index is 14.4. The number of rotatable bonds is 13. The molecule has 0 aliphatic rings. The Morgan fingerprint density at radius 2 is 1.40 bits per heavy atom. The molecular formula is C34H34Cl2FN3O4S. The van der Waals surface area contributed by atoms with Gasteiger partial charge in [0.2, 0.25) is 11.8 Å². The van der Waals surface area contributed by atoms with Crippen molar-refractivity contribution in [3.8, 4) is 0 Å². The van der Waals surface area contributed by atoms with Gasteiger partial charge >= 0.3 is 0 Å². The fourth-order valence-corrected chi connectivity index (χ4v) is 6.63. The number of nitrogens with zero attached hydrogens (tertiary/aromatic N) is 2. The molecule has 0 spiro atoms. The number of sulfonamides is 1. The monoisotopic (exact) mass is 669 g/mol. The van der Waals surface area contributed by atoms with E-state index < -0.39 is 40.2 Å². The lowest BCUT2D eigenvalue weighted by Crippen LogP contribution is -2.53. The molecule has 2 amide bonds. The second kappa shape index (κ2) is 15.4. The molecule has 0 bridgehead atoms. The number of benzene rings is 4. The maximum Gasteiger partial charge on any atom is 0.264 e. The summed E-state index contributed by atoms with van der Waals surface area (Å²) < 4.78 is 42.8. The number of nitrogens with one attached hydrogen (secondary N) is 1. The quantitative estimate of drug-likeness (QED) is 0.171. The van der Waals surface area contributed by atoms with Gasteiger partial charge in [0.15, 0.2) is 0 Å². The third-order valence-electron chi connectivity index (χ3n) is 6.97. The van der Waals surface area contributed by atoms with Crippen molar-refractivity contribution >= 4 is 50.7 Å². The van der Waals surface area contributed by atoms with E-state index in [9.17, 15) is 22.4 Å². The van der Waals surface area contributed by atoms with E-state index in [0.717, 1.165) is 9.87 Å². The molecular weight excluding hydrogens is 636 g/mol. The number of anilines is 1. The summed E-state index contributed by atoms with van der Waals surface area (Å²) in [6.45, 7) is 3.53. The SMILES string of the molecule is CC(C)CNC(=O)[C@@H](Cc1ccccc1)N(Cc1ccc(F)cc1)C(=O)CN(c1cc(Cl)cc(Cl)c1)S(=O)(=O)c1ccccc1. The summed E-state index contributed by atoms with van der Waals surface area (Å²) in [4.78, 5) is 29.5. The highest BCUT2D eigenvalue weighted by molar-refractivity contribution is 7.92. The molecule has 0 heterocycles. The Balaban J connectivity index is 1.81. The van der Waals surface area contributed by atoms with Gasteiger partial charge in [-0.2, -0.15) is 0 Å². The minimum atomic E-state index is -4.30. The lowest BCUT2D eigenvalue weighted by atomic mass is 10.0. The summed E-state index contributed by atoms with van der Waals surface area (Å²) in [7, 11) is -4.30. The molecule has 0 unspecified atom stereocenters. The molecule has 4 aromatic carbocycles. The van der Waals surface area contributed by atoms with E-state index >= 15 is 0 Å². The highest BCUT2D eigenvalue weighted by atomic mass is 35.5. The van der Waals surface area contributed by atoms with E-state index in [1.807, 2.05) is 44.2 Å². The number of amides is 2. The number of hydrogen-bond donors (Lipinski definition) is 1. The van der Waals surface area contributed by atoms with E-state index in [1.165, 1.54) is 59.5 Å². The Labute approximate surface area is 273 Å². The van der Waals surface area contributed by atoms with Gasteiger partial charge in [0.1, 0.15) is 18.4 Å². The van der Waals surface area contributed by atoms with Gasteiger partial charge in [-0.15, -0.1) is 0 Å². The fourth-order valence-electron chi connectivity index (χ4n) is 4.69. The minimum Gasteiger partial charge on any atom is -0.354 e. The van der Waals surface area contributed by atoms with Gasteiger partial charge in [0.05, 0.1) is 10.6 Å². The van der Waals surface area contributed by atoms with E-state index in [-0.39, 0.29) is 39.5 Å². The number of carbonyl (C=O) groups is 2. The number of hydrogen-bond acceptors (Lipinski definition) is 4. The Hall–Kier alpha value is -3.92. The van der Waals surface area contributed by atoms with Gasteiger partial charge in [-0.1, -0.05) is 97.7 Å². The topological polar surface area (TPSA) is 86.8 Å².